The number of hydrogen-bond donors (Lipinski definition) is 1. The van der Waals surface area contributed by atoms with Crippen LogP contribution in [-0.4, -0.2) is 66.3 Å². The van der Waals surface area contributed by atoms with E-state index in [1.165, 1.54) is 12.2 Å². The molecule has 0 radical (unpaired) electrons. The topological polar surface area (TPSA) is 135 Å². The molecule has 10 nitrogen and oxygen atoms in total. The van der Waals surface area contributed by atoms with Crippen molar-refractivity contribution in [3.63, 3.8) is 0 Å². The van der Waals surface area contributed by atoms with Gasteiger partial charge in [0.2, 0.25) is 6.10 Å². The lowest BCUT2D eigenvalue weighted by Gasteiger charge is -2.28. The van der Waals surface area contributed by atoms with Crippen LogP contribution in [0.15, 0.2) is 25.3 Å². The summed E-state index contributed by atoms with van der Waals surface area (Å²) in [5.74, 6) is -4.15. The first kappa shape index (κ1) is 32.3. The summed E-state index contributed by atoms with van der Waals surface area (Å²) >= 11 is 0. The van der Waals surface area contributed by atoms with Gasteiger partial charge in [-0.1, -0.05) is 39.8 Å². The highest BCUT2D eigenvalue weighted by molar-refractivity contribution is 5.85. The van der Waals surface area contributed by atoms with E-state index in [2.05, 4.69) is 13.2 Å². The van der Waals surface area contributed by atoms with Crippen LogP contribution in [0.2, 0.25) is 0 Å². The van der Waals surface area contributed by atoms with Crippen LogP contribution in [0.3, 0.4) is 0 Å². The quantitative estimate of drug-likeness (QED) is 0.168. The van der Waals surface area contributed by atoms with E-state index in [4.69, 9.17) is 23.7 Å². The fraction of sp³-hybridized carbons (Fsp3) is 0.704. The van der Waals surface area contributed by atoms with E-state index < -0.39 is 54.6 Å². The summed E-state index contributed by atoms with van der Waals surface area (Å²) < 4.78 is 27.3. The Morgan fingerprint density at radius 2 is 1.30 bits per heavy atom. The Kier molecular flexibility index (Phi) is 14.8. The number of carbonyl (C=O) groups excluding carboxylic acids is 3. The van der Waals surface area contributed by atoms with Gasteiger partial charge in [0.25, 0.3) is 0 Å². The maximum atomic E-state index is 13.0. The fourth-order valence-electron chi connectivity index (χ4n) is 3.60. The van der Waals surface area contributed by atoms with Crippen molar-refractivity contribution in [2.75, 3.05) is 6.61 Å². The van der Waals surface area contributed by atoms with Crippen LogP contribution in [-0.2, 0) is 42.9 Å². The molecule has 0 aromatic heterocycles. The second-order valence-corrected chi connectivity index (χ2v) is 9.84. The largest absolute Gasteiger partial charge is 0.479 e. The summed E-state index contributed by atoms with van der Waals surface area (Å²) in [6.45, 7) is 15.0. The zero-order chi connectivity index (χ0) is 28.0. The SMILES string of the molecule is C=CC[C@H](OC(=O)[C@H](CC(C)C)OC(=O)[C@H](CC=C)OC1CCCCO1)C(=O)O[C@@H](CC(C)C)C(=O)O. The van der Waals surface area contributed by atoms with Crippen LogP contribution in [0, 0.1) is 11.8 Å². The Labute approximate surface area is 219 Å². The first-order chi connectivity index (χ1) is 17.5. The standard InChI is InChI=1S/C27H42O10/c1-7-11-19(34-23-13-9-10-14-33-23)25(30)37-22(16-18(5)6)27(32)35-20(12-8-2)26(31)36-21(24(28)29)15-17(3)4/h7-8,17-23H,1-2,9-16H2,3-6H3,(H,28,29)/t19-,20-,21-,22-,23?/m0/s1. The smallest absolute Gasteiger partial charge is 0.348 e. The molecule has 1 unspecified atom stereocenters. The fourth-order valence-corrected chi connectivity index (χ4v) is 3.60. The maximum Gasteiger partial charge on any atom is 0.348 e. The molecule has 0 amide bonds. The minimum atomic E-state index is -1.44. The lowest BCUT2D eigenvalue weighted by molar-refractivity contribution is -0.209. The highest BCUT2D eigenvalue weighted by Gasteiger charge is 2.35. The van der Waals surface area contributed by atoms with Crippen LogP contribution in [0.4, 0.5) is 0 Å². The molecular formula is C27H42O10. The van der Waals surface area contributed by atoms with Crippen molar-refractivity contribution in [1.82, 2.24) is 0 Å². The van der Waals surface area contributed by atoms with E-state index in [-0.39, 0.29) is 37.5 Å². The Morgan fingerprint density at radius 3 is 1.81 bits per heavy atom. The summed E-state index contributed by atoms with van der Waals surface area (Å²) in [6.07, 6.45) is -0.139. The van der Waals surface area contributed by atoms with Gasteiger partial charge in [0.1, 0.15) is 0 Å². The number of aliphatic carboxylic acids is 1. The van der Waals surface area contributed by atoms with Crippen LogP contribution in [0.1, 0.15) is 72.6 Å². The van der Waals surface area contributed by atoms with Crippen LogP contribution in [0.5, 0.6) is 0 Å². The molecule has 1 aliphatic heterocycles. The summed E-state index contributed by atoms with van der Waals surface area (Å²) in [7, 11) is 0. The Bertz CT molecular complexity index is 769. The molecule has 1 fully saturated rings. The third kappa shape index (κ3) is 12.4. The molecule has 0 saturated carbocycles. The molecule has 37 heavy (non-hydrogen) atoms. The first-order valence-electron chi connectivity index (χ1n) is 12.8. The second kappa shape index (κ2) is 16.9. The van der Waals surface area contributed by atoms with Gasteiger partial charge in [-0.05, 0) is 43.9 Å². The molecule has 1 aliphatic rings. The second-order valence-electron chi connectivity index (χ2n) is 9.84. The average molecular weight is 527 g/mol. The van der Waals surface area contributed by atoms with Crippen molar-refractivity contribution < 1.29 is 48.0 Å². The van der Waals surface area contributed by atoms with Crippen molar-refractivity contribution in [2.24, 2.45) is 11.8 Å². The van der Waals surface area contributed by atoms with Crippen molar-refractivity contribution in [1.29, 1.82) is 0 Å². The lowest BCUT2D eigenvalue weighted by Crippen LogP contribution is -2.41. The van der Waals surface area contributed by atoms with Crippen LogP contribution in [0.25, 0.3) is 0 Å². The molecule has 0 spiro atoms. The minimum absolute atomic E-state index is 0.0473. The highest BCUT2D eigenvalue weighted by atomic mass is 16.7. The number of ether oxygens (including phenoxy) is 5. The van der Waals surface area contributed by atoms with Gasteiger partial charge in [-0.2, -0.15) is 0 Å². The summed E-state index contributed by atoms with van der Waals surface area (Å²) in [4.78, 5) is 50.1. The third-order valence-corrected chi connectivity index (χ3v) is 5.43. The Hall–Kier alpha value is -2.72. The number of carboxylic acid groups (broad SMARTS) is 1. The Morgan fingerprint density at radius 1 is 0.811 bits per heavy atom. The molecule has 0 aliphatic carbocycles. The molecule has 5 atom stereocenters. The van der Waals surface area contributed by atoms with E-state index in [9.17, 15) is 24.3 Å². The molecule has 10 heteroatoms. The molecule has 1 saturated heterocycles. The van der Waals surface area contributed by atoms with Gasteiger partial charge in [0.05, 0.1) is 0 Å². The first-order valence-corrected chi connectivity index (χ1v) is 12.8. The van der Waals surface area contributed by atoms with E-state index >= 15 is 0 Å². The maximum absolute atomic E-state index is 13.0. The van der Waals surface area contributed by atoms with Gasteiger partial charge in [-0.15, -0.1) is 13.2 Å². The average Bonchev–Trinajstić information content (AvgIpc) is 2.82. The van der Waals surface area contributed by atoms with Gasteiger partial charge < -0.3 is 28.8 Å². The third-order valence-electron chi connectivity index (χ3n) is 5.43. The molecule has 0 aromatic rings. The van der Waals surface area contributed by atoms with Crippen molar-refractivity contribution >= 4 is 23.9 Å². The van der Waals surface area contributed by atoms with Crippen molar-refractivity contribution in [3.8, 4) is 0 Å². The number of esters is 3. The molecule has 0 aromatic carbocycles. The predicted octanol–water partition coefficient (Wildman–Crippen LogP) is 3.96. The predicted molar refractivity (Wildman–Crippen MR) is 134 cm³/mol. The highest BCUT2D eigenvalue weighted by Crippen LogP contribution is 2.20. The van der Waals surface area contributed by atoms with E-state index in [1.54, 1.807) is 13.8 Å². The van der Waals surface area contributed by atoms with Crippen LogP contribution >= 0.6 is 0 Å². The van der Waals surface area contributed by atoms with Crippen molar-refractivity contribution in [3.05, 3.63) is 25.3 Å². The number of carbonyl (C=O) groups is 4. The molecule has 1 heterocycles. The normalized spacial score (nSPS) is 18.8. The summed E-state index contributed by atoms with van der Waals surface area (Å²) in [5.41, 5.74) is 0. The van der Waals surface area contributed by atoms with E-state index in [0.717, 1.165) is 12.8 Å². The molecule has 210 valence electrons. The molecular weight excluding hydrogens is 484 g/mol. The van der Waals surface area contributed by atoms with E-state index in [1.807, 2.05) is 13.8 Å². The van der Waals surface area contributed by atoms with Gasteiger partial charge in [0.15, 0.2) is 24.6 Å². The monoisotopic (exact) mass is 526 g/mol. The van der Waals surface area contributed by atoms with Gasteiger partial charge in [0, 0.05) is 19.4 Å². The molecule has 1 N–H and O–H groups in total. The van der Waals surface area contributed by atoms with Gasteiger partial charge in [-0.25, -0.2) is 19.2 Å². The summed E-state index contributed by atoms with van der Waals surface area (Å²) in [5, 5.41) is 9.37. The van der Waals surface area contributed by atoms with Gasteiger partial charge in [-0.3, -0.25) is 0 Å². The lowest BCUT2D eigenvalue weighted by atomic mass is 10.1. The number of carboxylic acids is 1. The van der Waals surface area contributed by atoms with Gasteiger partial charge >= 0.3 is 23.9 Å². The van der Waals surface area contributed by atoms with E-state index in [0.29, 0.717) is 13.0 Å². The zero-order valence-corrected chi connectivity index (χ0v) is 22.4. The molecule has 1 rings (SSSR count). The molecule has 0 bridgehead atoms. The Balaban J connectivity index is 2.95. The number of hydrogen-bond acceptors (Lipinski definition) is 9. The zero-order valence-electron chi connectivity index (χ0n) is 22.4. The summed E-state index contributed by atoms with van der Waals surface area (Å²) in [6, 6.07) is 0. The minimum Gasteiger partial charge on any atom is -0.479 e. The number of rotatable bonds is 17. The van der Waals surface area contributed by atoms with Crippen LogP contribution < -0.4 is 0 Å². The van der Waals surface area contributed by atoms with Crippen molar-refractivity contribution in [2.45, 2.75) is 103 Å².